The Labute approximate surface area is 208 Å². The molecule has 1 saturated carbocycles. The van der Waals surface area contributed by atoms with Crippen molar-refractivity contribution in [1.82, 2.24) is 24.1 Å². The van der Waals surface area contributed by atoms with Crippen molar-refractivity contribution in [3.05, 3.63) is 29.5 Å². The van der Waals surface area contributed by atoms with Crippen LogP contribution in [0.5, 0.6) is 5.75 Å². The number of alkyl halides is 3. The van der Waals surface area contributed by atoms with Crippen LogP contribution in [0.3, 0.4) is 0 Å². The van der Waals surface area contributed by atoms with E-state index >= 15 is 0 Å². The maximum Gasteiger partial charge on any atom is 0.419 e. The van der Waals surface area contributed by atoms with Crippen molar-refractivity contribution < 1.29 is 35.5 Å². The van der Waals surface area contributed by atoms with E-state index in [4.69, 9.17) is 0 Å². The molecule has 15 heteroatoms. The first kappa shape index (κ1) is 25.6. The molecule has 0 spiro atoms. The second-order valence-electron chi connectivity index (χ2n) is 9.48. The van der Waals surface area contributed by atoms with Crippen molar-refractivity contribution in [2.45, 2.75) is 31.5 Å². The van der Waals surface area contributed by atoms with Gasteiger partial charge in [0.15, 0.2) is 23.0 Å². The average molecular weight is 547 g/mol. The van der Waals surface area contributed by atoms with Crippen molar-refractivity contribution in [3.63, 3.8) is 0 Å². The van der Waals surface area contributed by atoms with Gasteiger partial charge in [0.2, 0.25) is 16.0 Å². The van der Waals surface area contributed by atoms with E-state index in [1.165, 1.54) is 28.5 Å². The molecule has 1 aliphatic heterocycles. The van der Waals surface area contributed by atoms with E-state index in [1.807, 2.05) is 4.90 Å². The molecule has 1 atom stereocenters. The Morgan fingerprint density at radius 1 is 1.16 bits per heavy atom. The van der Waals surface area contributed by atoms with E-state index in [2.05, 4.69) is 15.1 Å². The third kappa shape index (κ3) is 4.69. The highest BCUT2D eigenvalue weighted by molar-refractivity contribution is 7.88. The largest absolute Gasteiger partial charge is 0.503 e. The number of piperazine rings is 1. The number of aromatic nitrogens is 4. The lowest BCUT2D eigenvalue weighted by molar-refractivity contribution is -0.140. The summed E-state index contributed by atoms with van der Waals surface area (Å²) in [5, 5.41) is 13.9. The fourth-order valence-corrected chi connectivity index (χ4v) is 5.88. The lowest BCUT2D eigenvalue weighted by atomic mass is 10.0. The van der Waals surface area contributed by atoms with Crippen molar-refractivity contribution >= 4 is 27.0 Å². The van der Waals surface area contributed by atoms with Crippen LogP contribution >= 0.6 is 0 Å². The van der Waals surface area contributed by atoms with Crippen molar-refractivity contribution in [3.8, 4) is 17.0 Å². The highest BCUT2D eigenvalue weighted by Gasteiger charge is 2.39. The number of phenolic OH excluding ortho intramolecular Hbond substituents is 1. The van der Waals surface area contributed by atoms with E-state index < -0.39 is 44.7 Å². The fraction of sp³-hybridized carbons (Fsp3) is 0.500. The topological polar surface area (TPSA) is 104 Å². The van der Waals surface area contributed by atoms with Crippen LogP contribution in [-0.2, 0) is 23.2 Å². The van der Waals surface area contributed by atoms with E-state index in [1.54, 1.807) is 0 Å². The zero-order valence-electron chi connectivity index (χ0n) is 19.8. The second kappa shape index (κ2) is 8.75. The smallest absolute Gasteiger partial charge is 0.419 e. The molecule has 1 N–H and O–H groups in total. The number of aromatic hydroxyl groups is 1. The monoisotopic (exact) mass is 546 g/mol. The molecule has 5 rings (SSSR count). The number of sulfonamides is 1. The van der Waals surface area contributed by atoms with Crippen LogP contribution in [0.25, 0.3) is 22.3 Å². The Bertz CT molecular complexity index is 1490. The molecule has 0 radical (unpaired) electrons. The number of halogens is 5. The molecular formula is C22H23F5N6O3S. The van der Waals surface area contributed by atoms with Crippen LogP contribution < -0.4 is 4.90 Å². The van der Waals surface area contributed by atoms with Gasteiger partial charge in [0.25, 0.3) is 0 Å². The second-order valence-corrected chi connectivity index (χ2v) is 11.4. The summed E-state index contributed by atoms with van der Waals surface area (Å²) >= 11 is 0. The number of fused-ring (bicyclic) bond motifs is 1. The molecule has 3 aromatic rings. The number of anilines is 1. The Morgan fingerprint density at radius 3 is 2.49 bits per heavy atom. The van der Waals surface area contributed by atoms with Gasteiger partial charge in [-0.25, -0.2) is 26.9 Å². The molecule has 1 aliphatic carbocycles. The number of hydrogen-bond donors (Lipinski definition) is 1. The molecule has 3 heterocycles. The molecule has 0 unspecified atom stereocenters. The van der Waals surface area contributed by atoms with Crippen LogP contribution in [0.15, 0.2) is 12.3 Å². The summed E-state index contributed by atoms with van der Waals surface area (Å²) in [7, 11) is -1.95. The van der Waals surface area contributed by atoms with Gasteiger partial charge >= 0.3 is 6.18 Å². The zero-order chi connectivity index (χ0) is 26.9. The molecule has 0 bridgehead atoms. The van der Waals surface area contributed by atoms with Gasteiger partial charge in [0.05, 0.1) is 17.2 Å². The minimum atomic E-state index is -5.18. The highest BCUT2D eigenvalue weighted by Crippen LogP contribution is 2.41. The first-order chi connectivity index (χ1) is 17.3. The molecule has 0 amide bonds. The maximum atomic E-state index is 14.7. The third-order valence-corrected chi connectivity index (χ3v) is 8.08. The Hall–Kier alpha value is -3.07. The van der Waals surface area contributed by atoms with Crippen molar-refractivity contribution in [2.75, 3.05) is 30.8 Å². The van der Waals surface area contributed by atoms with Crippen molar-refractivity contribution in [2.24, 2.45) is 13.0 Å². The molecule has 2 fully saturated rings. The summed E-state index contributed by atoms with van der Waals surface area (Å²) in [6, 6.07) is 0.00201. The Morgan fingerprint density at radius 2 is 1.86 bits per heavy atom. The SMILES string of the molecule is Cn1nc(-c2cc(C(F)(F)F)c(F)c(O)c2F)c2cnc(N3CCN(S(C)(=O)=O)[C@H](CC4CC4)C3)nc21. The van der Waals surface area contributed by atoms with Crippen molar-refractivity contribution in [1.29, 1.82) is 0 Å². The predicted molar refractivity (Wildman–Crippen MR) is 123 cm³/mol. The minimum absolute atomic E-state index is 0.0913. The van der Waals surface area contributed by atoms with Gasteiger partial charge in [0.1, 0.15) is 5.69 Å². The quantitative estimate of drug-likeness (QED) is 0.490. The zero-order valence-corrected chi connectivity index (χ0v) is 20.6. The number of rotatable bonds is 5. The van der Waals surface area contributed by atoms with Crippen LogP contribution in [0.4, 0.5) is 27.9 Å². The first-order valence-electron chi connectivity index (χ1n) is 11.5. The number of nitrogens with zero attached hydrogens (tertiary/aromatic N) is 6. The predicted octanol–water partition coefficient (Wildman–Crippen LogP) is 3.28. The first-order valence-corrected chi connectivity index (χ1v) is 13.3. The van der Waals surface area contributed by atoms with Gasteiger partial charge in [-0.05, 0) is 18.4 Å². The number of hydrogen-bond acceptors (Lipinski definition) is 7. The van der Waals surface area contributed by atoms with Gasteiger partial charge in [-0.2, -0.15) is 27.6 Å². The summed E-state index contributed by atoms with van der Waals surface area (Å²) in [4.78, 5) is 10.6. The molecule has 1 saturated heterocycles. The number of benzene rings is 1. The minimum Gasteiger partial charge on any atom is -0.503 e. The fourth-order valence-electron chi connectivity index (χ4n) is 4.77. The summed E-state index contributed by atoms with van der Waals surface area (Å²) in [6.07, 6.45) is 0.102. The summed E-state index contributed by atoms with van der Waals surface area (Å²) in [6.45, 7) is 0.920. The van der Waals surface area contributed by atoms with Crippen LogP contribution in [-0.4, -0.2) is 69.5 Å². The molecule has 1 aromatic carbocycles. The Kier molecular flexibility index (Phi) is 6.05. The van der Waals surface area contributed by atoms with Gasteiger partial charge in [-0.1, -0.05) is 12.8 Å². The molecule has 2 aromatic heterocycles. The third-order valence-electron chi connectivity index (χ3n) is 6.75. The summed E-state index contributed by atoms with van der Waals surface area (Å²) in [5.41, 5.74) is -2.71. The lowest BCUT2D eigenvalue weighted by Crippen LogP contribution is -2.55. The number of phenols is 1. The lowest BCUT2D eigenvalue weighted by Gasteiger charge is -2.40. The molecule has 200 valence electrons. The van der Waals surface area contributed by atoms with Crippen LogP contribution in [0.1, 0.15) is 24.8 Å². The average Bonchev–Trinajstić information content (AvgIpc) is 3.57. The van der Waals surface area contributed by atoms with Crippen LogP contribution in [0.2, 0.25) is 0 Å². The summed E-state index contributed by atoms with van der Waals surface area (Å²) in [5.74, 6) is -4.72. The molecule has 37 heavy (non-hydrogen) atoms. The normalized spacial score (nSPS) is 19.6. The molecule has 2 aliphatic rings. The van der Waals surface area contributed by atoms with Gasteiger partial charge < -0.3 is 10.0 Å². The van der Waals surface area contributed by atoms with Gasteiger partial charge in [0, 0.05) is 44.5 Å². The van der Waals surface area contributed by atoms with Crippen LogP contribution in [0, 0.1) is 17.6 Å². The Balaban J connectivity index is 1.52. The highest BCUT2D eigenvalue weighted by atomic mass is 32.2. The molecular weight excluding hydrogens is 523 g/mol. The van der Waals surface area contributed by atoms with E-state index in [0.717, 1.165) is 19.3 Å². The maximum absolute atomic E-state index is 14.7. The van der Waals surface area contributed by atoms with Gasteiger partial charge in [-0.3, -0.25) is 0 Å². The van der Waals surface area contributed by atoms with Gasteiger partial charge in [-0.15, -0.1) is 0 Å². The van der Waals surface area contributed by atoms with E-state index in [9.17, 15) is 35.5 Å². The van der Waals surface area contributed by atoms with E-state index in [-0.39, 0.29) is 41.3 Å². The molecule has 9 nitrogen and oxygen atoms in total. The summed E-state index contributed by atoms with van der Waals surface area (Å²) < 4.78 is 95.7. The van der Waals surface area contributed by atoms with E-state index in [0.29, 0.717) is 19.0 Å². The standard InChI is InChI=1S/C22H23F5N6O3S/c1-31-20-14(18(30-31)13-8-15(22(25,26)27)17(24)19(34)16(13)23)9-28-21(29-20)32-5-6-33(37(2,35)36)12(10-32)7-11-3-4-11/h8-9,11-12,34H,3-7,10H2,1-2H3/t12-/m1/s1. The number of aryl methyl sites for hydroxylation is 1.